The molecule has 0 amide bonds. The Labute approximate surface area is 87.4 Å². The van der Waals surface area contributed by atoms with Crippen LogP contribution in [0.3, 0.4) is 0 Å². The van der Waals surface area contributed by atoms with Gasteiger partial charge in [0.05, 0.1) is 16.9 Å². The van der Waals surface area contributed by atoms with E-state index in [0.29, 0.717) is 0 Å². The second kappa shape index (κ2) is 3.68. The van der Waals surface area contributed by atoms with E-state index in [-0.39, 0.29) is 15.8 Å². The standard InChI is InChI=1S/C8H8BrF3N2/c1-14-6-3-4(8(10,11)12)2-5(9)7(6)13/h2-3,14H,13H2,1H3. The Kier molecular flexibility index (Phi) is 2.94. The van der Waals surface area contributed by atoms with Crippen molar-refractivity contribution in [1.29, 1.82) is 0 Å². The molecule has 0 aromatic heterocycles. The minimum absolute atomic E-state index is 0.233. The topological polar surface area (TPSA) is 38.0 Å². The number of benzene rings is 1. The molecule has 1 aromatic rings. The Balaban J connectivity index is 3.30. The number of alkyl halides is 3. The average Bonchev–Trinajstić information content (AvgIpc) is 2.07. The summed E-state index contributed by atoms with van der Waals surface area (Å²) in [6.07, 6.45) is -4.36. The van der Waals surface area contributed by atoms with Gasteiger partial charge in [0.25, 0.3) is 0 Å². The van der Waals surface area contributed by atoms with E-state index in [9.17, 15) is 13.2 Å². The van der Waals surface area contributed by atoms with Crippen LogP contribution in [0.1, 0.15) is 5.56 Å². The van der Waals surface area contributed by atoms with E-state index in [1.54, 1.807) is 0 Å². The molecule has 0 spiro atoms. The van der Waals surface area contributed by atoms with E-state index < -0.39 is 11.7 Å². The van der Waals surface area contributed by atoms with E-state index in [1.807, 2.05) is 0 Å². The first-order valence-electron chi connectivity index (χ1n) is 3.70. The van der Waals surface area contributed by atoms with Crippen molar-refractivity contribution in [2.24, 2.45) is 0 Å². The molecule has 1 rings (SSSR count). The summed E-state index contributed by atoms with van der Waals surface area (Å²) in [5, 5.41) is 2.59. The van der Waals surface area contributed by atoms with Crippen molar-refractivity contribution in [3.63, 3.8) is 0 Å². The highest BCUT2D eigenvalue weighted by Gasteiger charge is 2.31. The highest BCUT2D eigenvalue weighted by molar-refractivity contribution is 9.10. The number of hydrogen-bond donors (Lipinski definition) is 2. The molecule has 6 heteroatoms. The lowest BCUT2D eigenvalue weighted by molar-refractivity contribution is -0.137. The van der Waals surface area contributed by atoms with E-state index >= 15 is 0 Å². The normalized spacial score (nSPS) is 11.5. The second-order valence-electron chi connectivity index (χ2n) is 2.67. The third kappa shape index (κ3) is 2.12. The maximum absolute atomic E-state index is 12.3. The van der Waals surface area contributed by atoms with Crippen LogP contribution >= 0.6 is 15.9 Å². The van der Waals surface area contributed by atoms with Gasteiger partial charge in [0.15, 0.2) is 0 Å². The lowest BCUT2D eigenvalue weighted by Crippen LogP contribution is -2.07. The Morgan fingerprint density at radius 2 is 1.93 bits per heavy atom. The van der Waals surface area contributed by atoms with Gasteiger partial charge >= 0.3 is 6.18 Å². The van der Waals surface area contributed by atoms with Crippen molar-refractivity contribution < 1.29 is 13.2 Å². The molecule has 0 unspecified atom stereocenters. The first kappa shape index (κ1) is 11.2. The highest BCUT2D eigenvalue weighted by Crippen LogP contribution is 2.37. The largest absolute Gasteiger partial charge is 0.416 e. The number of nitrogen functional groups attached to an aromatic ring is 1. The molecule has 0 bridgehead atoms. The van der Waals surface area contributed by atoms with Gasteiger partial charge in [0.1, 0.15) is 0 Å². The van der Waals surface area contributed by atoms with Crippen LogP contribution in [0.25, 0.3) is 0 Å². The molecule has 0 atom stereocenters. The highest BCUT2D eigenvalue weighted by atomic mass is 79.9. The third-order valence-corrected chi connectivity index (χ3v) is 2.38. The van der Waals surface area contributed by atoms with Crippen molar-refractivity contribution in [3.8, 4) is 0 Å². The van der Waals surface area contributed by atoms with Gasteiger partial charge in [-0.2, -0.15) is 13.2 Å². The summed E-state index contributed by atoms with van der Waals surface area (Å²) in [6.45, 7) is 0. The van der Waals surface area contributed by atoms with Crippen molar-refractivity contribution >= 4 is 27.3 Å². The van der Waals surface area contributed by atoms with Gasteiger partial charge < -0.3 is 11.1 Å². The van der Waals surface area contributed by atoms with Crippen molar-refractivity contribution in [2.45, 2.75) is 6.18 Å². The van der Waals surface area contributed by atoms with Gasteiger partial charge in [-0.3, -0.25) is 0 Å². The zero-order valence-corrected chi connectivity index (χ0v) is 8.83. The molecular weight excluding hydrogens is 261 g/mol. The number of hydrogen-bond acceptors (Lipinski definition) is 2. The molecule has 0 saturated heterocycles. The Hall–Kier alpha value is -0.910. The number of rotatable bonds is 1. The fourth-order valence-electron chi connectivity index (χ4n) is 0.988. The first-order chi connectivity index (χ1) is 6.36. The Bertz CT molecular complexity index is 349. The van der Waals surface area contributed by atoms with Crippen LogP contribution in [-0.4, -0.2) is 7.05 Å². The quantitative estimate of drug-likeness (QED) is 0.769. The van der Waals surface area contributed by atoms with Gasteiger partial charge in [-0.05, 0) is 28.1 Å². The zero-order chi connectivity index (χ0) is 10.9. The maximum atomic E-state index is 12.3. The molecular formula is C8H8BrF3N2. The average molecular weight is 269 g/mol. The molecule has 14 heavy (non-hydrogen) atoms. The monoisotopic (exact) mass is 268 g/mol. The molecule has 0 radical (unpaired) electrons. The van der Waals surface area contributed by atoms with E-state index in [2.05, 4.69) is 21.2 Å². The van der Waals surface area contributed by atoms with E-state index in [1.165, 1.54) is 7.05 Å². The molecule has 0 heterocycles. The van der Waals surface area contributed by atoms with Gasteiger partial charge in [-0.15, -0.1) is 0 Å². The summed E-state index contributed by atoms with van der Waals surface area (Å²) >= 11 is 2.97. The summed E-state index contributed by atoms with van der Waals surface area (Å²) in [5.41, 5.74) is 5.32. The zero-order valence-electron chi connectivity index (χ0n) is 7.24. The van der Waals surface area contributed by atoms with Crippen LogP contribution in [0.2, 0.25) is 0 Å². The van der Waals surface area contributed by atoms with E-state index in [0.717, 1.165) is 12.1 Å². The van der Waals surface area contributed by atoms with Crippen molar-refractivity contribution in [1.82, 2.24) is 0 Å². The fourth-order valence-corrected chi connectivity index (χ4v) is 1.45. The molecule has 2 nitrogen and oxygen atoms in total. The predicted octanol–water partition coefficient (Wildman–Crippen LogP) is 3.09. The second-order valence-corrected chi connectivity index (χ2v) is 3.52. The van der Waals surface area contributed by atoms with Gasteiger partial charge in [-0.25, -0.2) is 0 Å². The molecule has 0 saturated carbocycles. The van der Waals surface area contributed by atoms with Crippen LogP contribution in [0.15, 0.2) is 16.6 Å². The Morgan fingerprint density at radius 1 is 1.36 bits per heavy atom. The summed E-state index contributed by atoms with van der Waals surface area (Å²) in [7, 11) is 1.51. The summed E-state index contributed by atoms with van der Waals surface area (Å²) in [6, 6.07) is 1.93. The van der Waals surface area contributed by atoms with Crippen molar-refractivity contribution in [3.05, 3.63) is 22.2 Å². The van der Waals surface area contributed by atoms with Gasteiger partial charge in [0, 0.05) is 11.5 Å². The number of anilines is 2. The predicted molar refractivity (Wildman–Crippen MR) is 53.1 cm³/mol. The first-order valence-corrected chi connectivity index (χ1v) is 4.49. The molecule has 0 aliphatic heterocycles. The van der Waals surface area contributed by atoms with Gasteiger partial charge in [0.2, 0.25) is 0 Å². The maximum Gasteiger partial charge on any atom is 0.416 e. The van der Waals surface area contributed by atoms with Crippen LogP contribution in [0.5, 0.6) is 0 Å². The van der Waals surface area contributed by atoms with Crippen LogP contribution in [0.4, 0.5) is 24.5 Å². The fraction of sp³-hybridized carbons (Fsp3) is 0.250. The van der Waals surface area contributed by atoms with Crippen LogP contribution in [0, 0.1) is 0 Å². The lowest BCUT2D eigenvalue weighted by Gasteiger charge is -2.12. The SMILES string of the molecule is CNc1cc(C(F)(F)F)cc(Br)c1N. The molecule has 0 aliphatic carbocycles. The molecule has 0 aliphatic rings. The molecule has 78 valence electrons. The summed E-state index contributed by atoms with van der Waals surface area (Å²) in [4.78, 5) is 0. The minimum atomic E-state index is -4.36. The molecule has 3 N–H and O–H groups in total. The number of nitrogens with one attached hydrogen (secondary N) is 1. The smallest absolute Gasteiger partial charge is 0.396 e. The van der Waals surface area contributed by atoms with Crippen LogP contribution < -0.4 is 11.1 Å². The molecule has 0 fully saturated rings. The lowest BCUT2D eigenvalue weighted by atomic mass is 10.1. The number of halogens is 4. The van der Waals surface area contributed by atoms with Gasteiger partial charge in [-0.1, -0.05) is 0 Å². The van der Waals surface area contributed by atoms with E-state index in [4.69, 9.17) is 5.73 Å². The Morgan fingerprint density at radius 3 is 2.36 bits per heavy atom. The minimum Gasteiger partial charge on any atom is -0.396 e. The third-order valence-electron chi connectivity index (χ3n) is 1.73. The van der Waals surface area contributed by atoms with Crippen molar-refractivity contribution in [2.75, 3.05) is 18.1 Å². The number of nitrogens with two attached hydrogens (primary N) is 1. The molecule has 1 aromatic carbocycles. The van der Waals surface area contributed by atoms with Crippen LogP contribution in [-0.2, 0) is 6.18 Å². The summed E-state index contributed by atoms with van der Waals surface area (Å²) in [5.74, 6) is 0. The summed E-state index contributed by atoms with van der Waals surface area (Å²) < 4.78 is 37.2.